The third-order valence-electron chi connectivity index (χ3n) is 5.12. The number of aryl methyl sites for hydroxylation is 2. The fourth-order valence-electron chi connectivity index (χ4n) is 3.32. The molecule has 1 aliphatic heterocycles. The van der Waals surface area contributed by atoms with Crippen molar-refractivity contribution in [1.29, 1.82) is 0 Å². The number of hydrazine groups is 1. The highest BCUT2D eigenvalue weighted by Gasteiger charge is 2.17. The summed E-state index contributed by atoms with van der Waals surface area (Å²) in [5.41, 5.74) is 10.1. The zero-order valence-electron chi connectivity index (χ0n) is 16.0. The average Bonchev–Trinajstić information content (AvgIpc) is 3.13. The molecule has 0 radical (unpaired) electrons. The number of nitrogens with two attached hydrogens (primary N) is 1. The number of rotatable bonds is 4. The summed E-state index contributed by atoms with van der Waals surface area (Å²) in [6.45, 7) is 5.03. The van der Waals surface area contributed by atoms with Crippen LogP contribution in [0.4, 0.5) is 0 Å². The van der Waals surface area contributed by atoms with Crippen molar-refractivity contribution in [3.05, 3.63) is 71.2 Å². The van der Waals surface area contributed by atoms with Crippen LogP contribution in [0.25, 0.3) is 28.6 Å². The normalized spacial score (nSPS) is 12.8. The topological polar surface area (TPSA) is 87.0 Å². The van der Waals surface area contributed by atoms with Crippen LogP contribution in [-0.4, -0.2) is 27.3 Å². The van der Waals surface area contributed by atoms with Gasteiger partial charge in [0.1, 0.15) is 5.82 Å². The van der Waals surface area contributed by atoms with Crippen LogP contribution in [0.1, 0.15) is 22.5 Å². The van der Waals surface area contributed by atoms with Crippen LogP contribution in [0.15, 0.2) is 48.7 Å². The van der Waals surface area contributed by atoms with Gasteiger partial charge in [0.2, 0.25) is 0 Å². The maximum absolute atomic E-state index is 11.5. The molecule has 6 heteroatoms. The van der Waals surface area contributed by atoms with E-state index in [9.17, 15) is 4.79 Å². The van der Waals surface area contributed by atoms with Gasteiger partial charge in [0.15, 0.2) is 0 Å². The summed E-state index contributed by atoms with van der Waals surface area (Å²) in [5.74, 6) is 5.76. The van der Waals surface area contributed by atoms with Crippen LogP contribution >= 0.6 is 0 Å². The number of imidazole rings is 1. The highest BCUT2D eigenvalue weighted by molar-refractivity contribution is 5.77. The van der Waals surface area contributed by atoms with E-state index in [1.807, 2.05) is 17.2 Å². The first-order valence-electron chi connectivity index (χ1n) is 9.22. The number of nitrogens with one attached hydrogen (secondary N) is 2. The second-order valence-corrected chi connectivity index (χ2v) is 7.11. The van der Waals surface area contributed by atoms with Gasteiger partial charge in [-0.15, -0.1) is 0 Å². The predicted octanol–water partition coefficient (Wildman–Crippen LogP) is 3.14. The van der Waals surface area contributed by atoms with Gasteiger partial charge in [-0.25, -0.2) is 10.8 Å². The maximum Gasteiger partial charge on any atom is 0.253 e. The fraction of sp³-hybridized carbons (Fsp3) is 0.182. The molecule has 0 fully saturated rings. The molecule has 0 saturated carbocycles. The molecule has 0 unspecified atom stereocenters. The molecular formula is C22H23N5O. The molecule has 1 aliphatic rings. The molecule has 0 spiro atoms. The summed E-state index contributed by atoms with van der Waals surface area (Å²) < 4.78 is 0. The van der Waals surface area contributed by atoms with Gasteiger partial charge in [0.05, 0.1) is 24.5 Å². The number of amides is 1. The van der Waals surface area contributed by atoms with Crippen molar-refractivity contribution in [3.8, 4) is 22.5 Å². The molecule has 0 saturated heterocycles. The zero-order chi connectivity index (χ0) is 19.7. The Bertz CT molecular complexity index is 1050. The third kappa shape index (κ3) is 3.54. The van der Waals surface area contributed by atoms with E-state index in [1.54, 1.807) is 0 Å². The van der Waals surface area contributed by atoms with Crippen LogP contribution < -0.4 is 11.3 Å². The van der Waals surface area contributed by atoms with Gasteiger partial charge in [-0.2, -0.15) is 0 Å². The minimum Gasteiger partial charge on any atom is -0.362 e. The van der Waals surface area contributed by atoms with Crippen molar-refractivity contribution >= 4 is 12.0 Å². The lowest BCUT2D eigenvalue weighted by molar-refractivity contribution is -0.121. The highest BCUT2D eigenvalue weighted by atomic mass is 16.2. The minimum atomic E-state index is -0.231. The standard InChI is InChI=1S/C22H23N5O/c1-14-3-4-18(11-15(14)2)16-5-7-17(8-6-16)22-24-19-9-10-27(12-20(19)25-22)13-21(28)26-23/h3-11H,12-13,23H2,1-2H3,(H,24,25)(H,26,28). The van der Waals surface area contributed by atoms with Crippen LogP contribution in [0.5, 0.6) is 0 Å². The largest absolute Gasteiger partial charge is 0.362 e. The smallest absolute Gasteiger partial charge is 0.253 e. The number of fused-ring (bicyclic) bond motifs is 1. The lowest BCUT2D eigenvalue weighted by atomic mass is 9.99. The van der Waals surface area contributed by atoms with Crippen LogP contribution in [0.3, 0.4) is 0 Å². The van der Waals surface area contributed by atoms with E-state index < -0.39 is 0 Å². The van der Waals surface area contributed by atoms with Gasteiger partial charge in [-0.1, -0.05) is 42.5 Å². The number of nitrogens with zero attached hydrogens (tertiary/aromatic N) is 2. The summed E-state index contributed by atoms with van der Waals surface area (Å²) in [5, 5.41) is 0. The van der Waals surface area contributed by atoms with Crippen molar-refractivity contribution in [2.75, 3.05) is 6.54 Å². The van der Waals surface area contributed by atoms with Crippen molar-refractivity contribution in [2.24, 2.45) is 5.84 Å². The van der Waals surface area contributed by atoms with Crippen molar-refractivity contribution in [3.63, 3.8) is 0 Å². The van der Waals surface area contributed by atoms with Crippen molar-refractivity contribution in [2.45, 2.75) is 20.4 Å². The quantitative estimate of drug-likeness (QED) is 0.372. The molecular weight excluding hydrogens is 350 g/mol. The van der Waals surface area contributed by atoms with E-state index >= 15 is 0 Å². The van der Waals surface area contributed by atoms with Crippen molar-refractivity contribution in [1.82, 2.24) is 20.3 Å². The second-order valence-electron chi connectivity index (χ2n) is 7.11. The molecule has 28 heavy (non-hydrogen) atoms. The monoisotopic (exact) mass is 373 g/mol. The molecule has 0 atom stereocenters. The average molecular weight is 373 g/mol. The molecule has 4 rings (SSSR count). The van der Waals surface area contributed by atoms with E-state index in [-0.39, 0.29) is 12.5 Å². The summed E-state index contributed by atoms with van der Waals surface area (Å²) >= 11 is 0. The van der Waals surface area contributed by atoms with E-state index in [0.717, 1.165) is 22.8 Å². The third-order valence-corrected chi connectivity index (χ3v) is 5.12. The molecule has 1 amide bonds. The van der Waals surface area contributed by atoms with Gasteiger partial charge in [0, 0.05) is 11.8 Å². The molecule has 142 valence electrons. The SMILES string of the molecule is Cc1ccc(-c2ccc(-c3nc4c([nH]3)C=CN(CC(=O)NN)C4)cc2)cc1C. The number of hydrogen-bond acceptors (Lipinski definition) is 4. The van der Waals surface area contributed by atoms with E-state index in [4.69, 9.17) is 10.8 Å². The molecule has 2 heterocycles. The number of aromatic amines is 1. The Hall–Kier alpha value is -3.38. The van der Waals surface area contributed by atoms with Gasteiger partial charge >= 0.3 is 0 Å². The first kappa shape index (κ1) is 18.0. The Morgan fingerprint density at radius 2 is 1.82 bits per heavy atom. The van der Waals surface area contributed by atoms with Gasteiger partial charge in [0.25, 0.3) is 5.91 Å². The molecule has 0 bridgehead atoms. The lowest BCUT2D eigenvalue weighted by Crippen LogP contribution is -2.38. The Balaban J connectivity index is 1.54. The Labute approximate surface area is 164 Å². The summed E-state index contributed by atoms with van der Waals surface area (Å²) in [4.78, 5) is 21.4. The summed E-state index contributed by atoms with van der Waals surface area (Å²) in [6.07, 6.45) is 3.81. The van der Waals surface area contributed by atoms with Crippen LogP contribution in [0.2, 0.25) is 0 Å². The van der Waals surface area contributed by atoms with Crippen LogP contribution in [-0.2, 0) is 11.3 Å². The molecule has 3 aromatic rings. The Kier molecular flexibility index (Phi) is 4.71. The number of carbonyl (C=O) groups excluding carboxylic acids is 1. The van der Waals surface area contributed by atoms with E-state index in [2.05, 4.69) is 66.7 Å². The molecule has 4 N–H and O–H groups in total. The van der Waals surface area contributed by atoms with Gasteiger partial charge in [-0.05, 0) is 42.2 Å². The van der Waals surface area contributed by atoms with Crippen molar-refractivity contribution < 1.29 is 4.79 Å². The van der Waals surface area contributed by atoms with Gasteiger partial charge in [-0.3, -0.25) is 10.2 Å². The Morgan fingerprint density at radius 1 is 1.11 bits per heavy atom. The minimum absolute atomic E-state index is 0.208. The number of benzene rings is 2. The lowest BCUT2D eigenvalue weighted by Gasteiger charge is -2.21. The summed E-state index contributed by atoms with van der Waals surface area (Å²) in [7, 11) is 0. The van der Waals surface area contributed by atoms with Crippen LogP contribution in [0, 0.1) is 13.8 Å². The first-order valence-corrected chi connectivity index (χ1v) is 9.22. The molecule has 6 nitrogen and oxygen atoms in total. The zero-order valence-corrected chi connectivity index (χ0v) is 16.0. The summed E-state index contributed by atoms with van der Waals surface area (Å²) in [6, 6.07) is 14.9. The Morgan fingerprint density at radius 3 is 2.54 bits per heavy atom. The maximum atomic E-state index is 11.5. The van der Waals surface area contributed by atoms with E-state index in [0.29, 0.717) is 6.54 Å². The van der Waals surface area contributed by atoms with E-state index in [1.165, 1.54) is 22.3 Å². The second kappa shape index (κ2) is 7.32. The number of H-pyrrole nitrogens is 1. The number of hydrogen-bond donors (Lipinski definition) is 3. The number of aromatic nitrogens is 2. The molecule has 1 aromatic heterocycles. The first-order chi connectivity index (χ1) is 13.5. The molecule has 2 aromatic carbocycles. The highest BCUT2D eigenvalue weighted by Crippen LogP contribution is 2.27. The van der Waals surface area contributed by atoms with Gasteiger partial charge < -0.3 is 9.88 Å². The molecule has 0 aliphatic carbocycles. The fourth-order valence-corrected chi connectivity index (χ4v) is 3.32. The number of carbonyl (C=O) groups is 1. The predicted molar refractivity (Wildman–Crippen MR) is 111 cm³/mol.